The minimum Gasteiger partial charge on any atom is -0.337 e. The van der Waals surface area contributed by atoms with Crippen molar-refractivity contribution in [3.8, 4) is 0 Å². The normalized spacial score (nSPS) is 13.9. The first-order valence-corrected chi connectivity index (χ1v) is 8.72. The zero-order chi connectivity index (χ0) is 18.1. The Morgan fingerprint density at radius 1 is 1.15 bits per heavy atom. The van der Waals surface area contributed by atoms with Crippen LogP contribution in [0, 0.1) is 0 Å². The van der Waals surface area contributed by atoms with Crippen LogP contribution in [0.5, 0.6) is 0 Å². The first-order chi connectivity index (χ1) is 12.7. The van der Waals surface area contributed by atoms with Crippen LogP contribution >= 0.6 is 0 Å². The number of urea groups is 1. The van der Waals surface area contributed by atoms with Gasteiger partial charge in [0, 0.05) is 41.9 Å². The minimum absolute atomic E-state index is 0.0887. The summed E-state index contributed by atoms with van der Waals surface area (Å²) in [7, 11) is 0. The van der Waals surface area contributed by atoms with Gasteiger partial charge in [0.15, 0.2) is 0 Å². The molecule has 6 nitrogen and oxygen atoms in total. The third kappa shape index (κ3) is 2.79. The summed E-state index contributed by atoms with van der Waals surface area (Å²) in [6, 6.07) is 17.1. The Morgan fingerprint density at radius 2 is 1.92 bits per heavy atom. The van der Waals surface area contributed by atoms with Crippen LogP contribution in [-0.2, 0) is 6.54 Å². The van der Waals surface area contributed by atoms with Crippen molar-refractivity contribution in [1.82, 2.24) is 9.88 Å². The molecule has 0 aliphatic carbocycles. The van der Waals surface area contributed by atoms with E-state index >= 15 is 0 Å². The van der Waals surface area contributed by atoms with E-state index in [9.17, 15) is 9.59 Å². The van der Waals surface area contributed by atoms with Gasteiger partial charge >= 0.3 is 6.03 Å². The maximum Gasteiger partial charge on any atom is 0.321 e. The molecule has 1 fully saturated rings. The second-order valence-electron chi connectivity index (χ2n) is 6.22. The van der Waals surface area contributed by atoms with Crippen LogP contribution in [0.25, 0.3) is 10.9 Å². The molecule has 0 saturated carbocycles. The molecule has 2 aromatic carbocycles. The number of nitrogens with zero attached hydrogens (tertiary/aromatic N) is 2. The second kappa shape index (κ2) is 6.55. The molecule has 1 aliphatic heterocycles. The molecule has 1 aromatic heterocycles. The molecular formula is C20H20N4O2. The molecule has 0 atom stereocenters. The average Bonchev–Trinajstić information content (AvgIpc) is 3.25. The van der Waals surface area contributed by atoms with Crippen LogP contribution in [0.3, 0.4) is 0 Å². The molecule has 26 heavy (non-hydrogen) atoms. The highest BCUT2D eigenvalue weighted by Crippen LogP contribution is 2.23. The molecular weight excluding hydrogens is 328 g/mol. The number of amides is 3. The smallest absolute Gasteiger partial charge is 0.321 e. The van der Waals surface area contributed by atoms with E-state index < -0.39 is 0 Å². The van der Waals surface area contributed by atoms with E-state index in [1.54, 1.807) is 4.90 Å². The largest absolute Gasteiger partial charge is 0.337 e. The van der Waals surface area contributed by atoms with Crippen molar-refractivity contribution in [2.45, 2.75) is 13.5 Å². The number of hydrogen-bond donors (Lipinski definition) is 2. The van der Waals surface area contributed by atoms with E-state index in [-0.39, 0.29) is 11.9 Å². The van der Waals surface area contributed by atoms with Crippen LogP contribution in [0.4, 0.5) is 16.2 Å². The maximum atomic E-state index is 12.8. The Labute approximate surface area is 151 Å². The number of rotatable bonds is 4. The van der Waals surface area contributed by atoms with Gasteiger partial charge in [0.05, 0.1) is 0 Å². The van der Waals surface area contributed by atoms with Crippen molar-refractivity contribution in [3.05, 3.63) is 60.3 Å². The lowest BCUT2D eigenvalue weighted by atomic mass is 10.2. The third-order valence-corrected chi connectivity index (χ3v) is 4.65. The van der Waals surface area contributed by atoms with Crippen LogP contribution < -0.4 is 15.5 Å². The first kappa shape index (κ1) is 16.2. The molecule has 0 radical (unpaired) electrons. The average molecular weight is 348 g/mol. The fourth-order valence-electron chi connectivity index (χ4n) is 3.38. The topological polar surface area (TPSA) is 66.4 Å². The van der Waals surface area contributed by atoms with Crippen molar-refractivity contribution in [2.24, 2.45) is 0 Å². The molecule has 3 aromatic rings. The Balaban J connectivity index is 1.56. The molecule has 0 unspecified atom stereocenters. The van der Waals surface area contributed by atoms with Gasteiger partial charge in [-0.25, -0.2) is 4.79 Å². The lowest BCUT2D eigenvalue weighted by molar-refractivity contribution is 0.101. The third-order valence-electron chi connectivity index (χ3n) is 4.65. The number of aryl methyl sites for hydroxylation is 1. The molecule has 0 bridgehead atoms. The maximum absolute atomic E-state index is 12.8. The zero-order valence-electron chi connectivity index (χ0n) is 14.5. The summed E-state index contributed by atoms with van der Waals surface area (Å²) in [6.07, 6.45) is 0. The van der Waals surface area contributed by atoms with E-state index in [2.05, 4.69) is 10.6 Å². The van der Waals surface area contributed by atoms with Gasteiger partial charge in [-0.3, -0.25) is 9.69 Å². The predicted molar refractivity (Wildman–Crippen MR) is 103 cm³/mol. The molecule has 2 heterocycles. The Kier molecular flexibility index (Phi) is 4.08. The summed E-state index contributed by atoms with van der Waals surface area (Å²) < 4.78 is 2.01. The summed E-state index contributed by atoms with van der Waals surface area (Å²) in [6.45, 7) is 4.05. The van der Waals surface area contributed by atoms with Gasteiger partial charge in [-0.1, -0.05) is 18.2 Å². The number of nitrogens with one attached hydrogen (secondary N) is 2. The van der Waals surface area contributed by atoms with Gasteiger partial charge in [0.25, 0.3) is 5.91 Å². The molecule has 1 saturated heterocycles. The predicted octanol–water partition coefficient (Wildman–Crippen LogP) is 3.44. The van der Waals surface area contributed by atoms with E-state index in [4.69, 9.17) is 0 Å². The monoisotopic (exact) mass is 348 g/mol. The number of carbonyl (C=O) groups excluding carboxylic acids is 2. The number of para-hydroxylation sites is 1. The second-order valence-corrected chi connectivity index (χ2v) is 6.22. The van der Waals surface area contributed by atoms with Gasteiger partial charge in [-0.2, -0.15) is 0 Å². The summed E-state index contributed by atoms with van der Waals surface area (Å²) in [5, 5.41) is 6.77. The molecule has 0 spiro atoms. The van der Waals surface area contributed by atoms with Crippen molar-refractivity contribution in [3.63, 3.8) is 0 Å². The van der Waals surface area contributed by atoms with Gasteiger partial charge in [0.1, 0.15) is 5.69 Å². The van der Waals surface area contributed by atoms with E-state index in [1.807, 2.05) is 66.1 Å². The number of benzene rings is 2. The summed E-state index contributed by atoms with van der Waals surface area (Å²) >= 11 is 0. The Hall–Kier alpha value is -3.28. The first-order valence-electron chi connectivity index (χ1n) is 8.72. The number of fused-ring (bicyclic) bond motifs is 1. The molecule has 6 heteroatoms. The highest BCUT2D eigenvalue weighted by atomic mass is 16.2. The number of anilines is 2. The fraction of sp³-hybridized carbons (Fsp3) is 0.200. The lowest BCUT2D eigenvalue weighted by Gasteiger charge is -2.15. The van der Waals surface area contributed by atoms with Gasteiger partial charge in [-0.05, 0) is 43.3 Å². The Morgan fingerprint density at radius 3 is 2.62 bits per heavy atom. The van der Waals surface area contributed by atoms with Crippen LogP contribution in [0.2, 0.25) is 0 Å². The van der Waals surface area contributed by atoms with Crippen LogP contribution in [0.1, 0.15) is 17.4 Å². The van der Waals surface area contributed by atoms with Crippen molar-refractivity contribution < 1.29 is 9.59 Å². The van der Waals surface area contributed by atoms with Crippen molar-refractivity contribution in [1.29, 1.82) is 0 Å². The molecule has 3 amide bonds. The van der Waals surface area contributed by atoms with Crippen molar-refractivity contribution >= 4 is 34.2 Å². The summed E-state index contributed by atoms with van der Waals surface area (Å²) in [5.74, 6) is -0.144. The minimum atomic E-state index is -0.144. The molecule has 1 aliphatic rings. The summed E-state index contributed by atoms with van der Waals surface area (Å²) in [4.78, 5) is 26.2. The summed E-state index contributed by atoms with van der Waals surface area (Å²) in [5.41, 5.74) is 3.21. The number of aromatic nitrogens is 1. The number of carbonyl (C=O) groups is 2. The molecule has 132 valence electrons. The van der Waals surface area contributed by atoms with E-state index in [0.717, 1.165) is 23.1 Å². The van der Waals surface area contributed by atoms with E-state index in [1.165, 1.54) is 0 Å². The van der Waals surface area contributed by atoms with E-state index in [0.29, 0.717) is 24.5 Å². The van der Waals surface area contributed by atoms with Crippen molar-refractivity contribution in [2.75, 3.05) is 23.3 Å². The standard InChI is InChI=1S/C20H20N4O2/c1-2-23-17-6-4-3-5-14(17)13-18(23)19(25)22-15-7-9-16(10-8-15)24-12-11-21-20(24)26/h3-10,13H,2,11-12H2,1H3,(H,21,26)(H,22,25). The highest BCUT2D eigenvalue weighted by Gasteiger charge is 2.21. The Bertz CT molecular complexity index is 975. The van der Waals surface area contributed by atoms with Gasteiger partial charge < -0.3 is 15.2 Å². The number of hydrogen-bond acceptors (Lipinski definition) is 2. The quantitative estimate of drug-likeness (QED) is 0.758. The highest BCUT2D eigenvalue weighted by molar-refractivity contribution is 6.06. The fourth-order valence-corrected chi connectivity index (χ4v) is 3.38. The van der Waals surface area contributed by atoms with Crippen LogP contribution in [-0.4, -0.2) is 29.6 Å². The SMILES string of the molecule is CCn1c(C(=O)Nc2ccc(N3CCNC3=O)cc2)cc2ccccc21. The molecule has 4 rings (SSSR count). The van der Waals surface area contributed by atoms with Gasteiger partial charge in [0.2, 0.25) is 0 Å². The molecule has 2 N–H and O–H groups in total. The van der Waals surface area contributed by atoms with Crippen LogP contribution in [0.15, 0.2) is 54.6 Å². The zero-order valence-corrected chi connectivity index (χ0v) is 14.5. The lowest BCUT2D eigenvalue weighted by Crippen LogP contribution is -2.27. The van der Waals surface area contributed by atoms with Gasteiger partial charge in [-0.15, -0.1) is 0 Å².